The quantitative estimate of drug-likeness (QED) is 0.643. The lowest BCUT2D eigenvalue weighted by molar-refractivity contribution is -0.607. The maximum Gasteiger partial charge on any atom is 0.317 e. The van der Waals surface area contributed by atoms with Gasteiger partial charge in [-0.25, -0.2) is 0 Å². The minimum Gasteiger partial charge on any atom is -0.618 e. The van der Waals surface area contributed by atoms with Crippen molar-refractivity contribution in [2.45, 2.75) is 19.4 Å². The van der Waals surface area contributed by atoms with E-state index in [2.05, 4.69) is 12.2 Å². The Morgan fingerprint density at radius 2 is 2.00 bits per heavy atom. The Balaban J connectivity index is 2.15. The molecule has 1 amide bonds. The molecule has 0 saturated carbocycles. The maximum atomic E-state index is 12.1. The summed E-state index contributed by atoms with van der Waals surface area (Å²) < 4.78 is 0.504. The van der Waals surface area contributed by atoms with Gasteiger partial charge in [-0.05, 0) is 23.6 Å². The van der Waals surface area contributed by atoms with E-state index in [9.17, 15) is 15.1 Å². The molecule has 0 bridgehead atoms. The van der Waals surface area contributed by atoms with Gasteiger partial charge in [-0.2, -0.15) is 4.73 Å². The van der Waals surface area contributed by atoms with Crippen LogP contribution in [0.25, 0.3) is 0 Å². The number of aryl methyl sites for hydroxylation is 1. The standard InChI is InChI=1S/C16H18N2O3/c1-2-12-6-8-13(9-7-12)14(11-19)17-16(20)15-5-3-4-10-18(15)21/h3-10,14,19H,2,11H2,1H3,(H,17,20). The minimum atomic E-state index is -0.538. The van der Waals surface area contributed by atoms with Crippen LogP contribution in [-0.4, -0.2) is 17.6 Å². The van der Waals surface area contributed by atoms with E-state index in [1.165, 1.54) is 17.8 Å². The summed E-state index contributed by atoms with van der Waals surface area (Å²) in [4.78, 5) is 12.1. The molecular weight excluding hydrogens is 268 g/mol. The molecule has 2 aromatic rings. The maximum absolute atomic E-state index is 12.1. The normalized spacial score (nSPS) is 11.9. The van der Waals surface area contributed by atoms with Crippen LogP contribution in [-0.2, 0) is 6.42 Å². The number of aliphatic hydroxyl groups excluding tert-OH is 1. The summed E-state index contributed by atoms with van der Waals surface area (Å²) in [7, 11) is 0. The van der Waals surface area contributed by atoms with Gasteiger partial charge in [-0.15, -0.1) is 0 Å². The predicted octanol–water partition coefficient (Wildman–Crippen LogP) is 1.35. The summed E-state index contributed by atoms with van der Waals surface area (Å²) in [6.45, 7) is 1.83. The highest BCUT2D eigenvalue weighted by Gasteiger charge is 2.20. The highest BCUT2D eigenvalue weighted by Crippen LogP contribution is 2.14. The summed E-state index contributed by atoms with van der Waals surface area (Å²) in [6.07, 6.45) is 2.19. The van der Waals surface area contributed by atoms with E-state index in [1.54, 1.807) is 12.1 Å². The van der Waals surface area contributed by atoms with Gasteiger partial charge in [-0.1, -0.05) is 31.2 Å². The Hall–Kier alpha value is -2.40. The number of benzene rings is 1. The van der Waals surface area contributed by atoms with Gasteiger partial charge >= 0.3 is 5.91 Å². The Morgan fingerprint density at radius 1 is 1.29 bits per heavy atom. The number of aromatic nitrogens is 1. The number of hydrogen-bond donors (Lipinski definition) is 2. The lowest BCUT2D eigenvalue weighted by Crippen LogP contribution is -2.41. The molecule has 1 aromatic heterocycles. The molecule has 0 radical (unpaired) electrons. The number of nitrogens with one attached hydrogen (secondary N) is 1. The average molecular weight is 286 g/mol. The van der Waals surface area contributed by atoms with E-state index in [0.717, 1.165) is 12.0 Å². The summed E-state index contributed by atoms with van der Waals surface area (Å²) in [6, 6.07) is 11.7. The average Bonchev–Trinajstić information content (AvgIpc) is 2.53. The summed E-state index contributed by atoms with van der Waals surface area (Å²) in [5, 5.41) is 23.7. The number of rotatable bonds is 5. The van der Waals surface area contributed by atoms with E-state index in [1.807, 2.05) is 24.3 Å². The van der Waals surface area contributed by atoms with E-state index in [4.69, 9.17) is 0 Å². The molecule has 0 saturated heterocycles. The molecule has 2 N–H and O–H groups in total. The van der Waals surface area contributed by atoms with Gasteiger partial charge in [0.1, 0.15) is 0 Å². The third kappa shape index (κ3) is 3.58. The zero-order valence-corrected chi connectivity index (χ0v) is 11.8. The lowest BCUT2D eigenvalue weighted by atomic mass is 10.0. The number of hydrogen-bond acceptors (Lipinski definition) is 3. The van der Waals surface area contributed by atoms with Gasteiger partial charge in [0.15, 0.2) is 6.20 Å². The van der Waals surface area contributed by atoms with Crippen molar-refractivity contribution >= 4 is 5.91 Å². The van der Waals surface area contributed by atoms with Crippen LogP contribution >= 0.6 is 0 Å². The van der Waals surface area contributed by atoms with Crippen molar-refractivity contribution < 1.29 is 14.6 Å². The Morgan fingerprint density at radius 3 is 2.57 bits per heavy atom. The molecular formula is C16H18N2O3. The van der Waals surface area contributed by atoms with Crippen molar-refractivity contribution in [3.8, 4) is 0 Å². The first kappa shape index (κ1) is 15.0. The van der Waals surface area contributed by atoms with Gasteiger partial charge in [-0.3, -0.25) is 4.79 Å². The van der Waals surface area contributed by atoms with Crippen LogP contribution in [0, 0.1) is 5.21 Å². The van der Waals surface area contributed by atoms with Crippen molar-refractivity contribution in [3.63, 3.8) is 0 Å². The van der Waals surface area contributed by atoms with Crippen LogP contribution in [0.3, 0.4) is 0 Å². The second kappa shape index (κ2) is 6.85. The third-order valence-electron chi connectivity index (χ3n) is 3.33. The van der Waals surface area contributed by atoms with Crippen molar-refractivity contribution in [2.75, 3.05) is 6.61 Å². The van der Waals surface area contributed by atoms with Crippen LogP contribution in [0.4, 0.5) is 0 Å². The first-order chi connectivity index (χ1) is 10.2. The molecule has 1 aromatic carbocycles. The van der Waals surface area contributed by atoms with Crippen LogP contribution in [0.2, 0.25) is 0 Å². The molecule has 0 aliphatic heterocycles. The topological polar surface area (TPSA) is 76.3 Å². The monoisotopic (exact) mass is 286 g/mol. The molecule has 5 heteroatoms. The molecule has 0 spiro atoms. The molecule has 0 aliphatic rings. The lowest BCUT2D eigenvalue weighted by Gasteiger charge is -2.16. The third-order valence-corrected chi connectivity index (χ3v) is 3.33. The van der Waals surface area contributed by atoms with Gasteiger partial charge in [0.25, 0.3) is 5.69 Å². The fourth-order valence-electron chi connectivity index (χ4n) is 2.06. The first-order valence-corrected chi connectivity index (χ1v) is 6.84. The Kier molecular flexibility index (Phi) is 4.90. The highest BCUT2D eigenvalue weighted by atomic mass is 16.5. The van der Waals surface area contributed by atoms with E-state index in [0.29, 0.717) is 4.73 Å². The summed E-state index contributed by atoms with van der Waals surface area (Å²) in [5.74, 6) is -0.510. The highest BCUT2D eigenvalue weighted by molar-refractivity contribution is 5.91. The van der Waals surface area contributed by atoms with Gasteiger partial charge < -0.3 is 15.6 Å². The van der Waals surface area contributed by atoms with Crippen LogP contribution in [0.15, 0.2) is 48.7 Å². The van der Waals surface area contributed by atoms with Gasteiger partial charge in [0.2, 0.25) is 0 Å². The minimum absolute atomic E-state index is 0.00104. The number of aliphatic hydroxyl groups is 1. The number of carbonyl (C=O) groups excluding carboxylic acids is 1. The Bertz CT molecular complexity index is 611. The van der Waals surface area contributed by atoms with Crippen LogP contribution in [0.1, 0.15) is 34.6 Å². The first-order valence-electron chi connectivity index (χ1n) is 6.84. The molecule has 1 unspecified atom stereocenters. The fourth-order valence-corrected chi connectivity index (χ4v) is 2.06. The summed E-state index contributed by atoms with van der Waals surface area (Å²) >= 11 is 0. The summed E-state index contributed by atoms with van der Waals surface area (Å²) in [5.41, 5.74) is 1.99. The van der Waals surface area contributed by atoms with Crippen molar-refractivity contribution in [3.05, 3.63) is 70.7 Å². The smallest absolute Gasteiger partial charge is 0.317 e. The van der Waals surface area contributed by atoms with Crippen molar-refractivity contribution in [2.24, 2.45) is 0 Å². The number of carbonyl (C=O) groups is 1. The second-order valence-electron chi connectivity index (χ2n) is 4.72. The van der Waals surface area contributed by atoms with Crippen LogP contribution < -0.4 is 10.0 Å². The number of amides is 1. The molecule has 0 aliphatic carbocycles. The van der Waals surface area contributed by atoms with Crippen molar-refractivity contribution in [1.29, 1.82) is 0 Å². The fraction of sp³-hybridized carbons (Fsp3) is 0.250. The molecule has 1 atom stereocenters. The molecule has 5 nitrogen and oxygen atoms in total. The second-order valence-corrected chi connectivity index (χ2v) is 4.72. The predicted molar refractivity (Wildman–Crippen MR) is 78.5 cm³/mol. The van der Waals surface area contributed by atoms with Crippen molar-refractivity contribution in [1.82, 2.24) is 5.32 Å². The van der Waals surface area contributed by atoms with E-state index in [-0.39, 0.29) is 12.3 Å². The van der Waals surface area contributed by atoms with Crippen LogP contribution in [0.5, 0.6) is 0 Å². The van der Waals surface area contributed by atoms with Gasteiger partial charge in [0, 0.05) is 12.1 Å². The molecule has 2 rings (SSSR count). The number of pyridine rings is 1. The molecule has 21 heavy (non-hydrogen) atoms. The molecule has 1 heterocycles. The zero-order valence-electron chi connectivity index (χ0n) is 11.8. The number of nitrogens with zero attached hydrogens (tertiary/aromatic N) is 1. The zero-order chi connectivity index (χ0) is 15.2. The molecule has 0 fully saturated rings. The van der Waals surface area contributed by atoms with Gasteiger partial charge in [0.05, 0.1) is 12.6 Å². The SMILES string of the molecule is CCc1ccc(C(CO)NC(=O)c2cccc[n+]2[O-])cc1. The van der Waals surface area contributed by atoms with E-state index >= 15 is 0 Å². The van der Waals surface area contributed by atoms with E-state index < -0.39 is 11.9 Å². The molecule has 110 valence electrons. The largest absolute Gasteiger partial charge is 0.618 e. The Labute approximate surface area is 123 Å².